The van der Waals surface area contributed by atoms with E-state index in [2.05, 4.69) is 137 Å². The van der Waals surface area contributed by atoms with Gasteiger partial charge in [-0.2, -0.15) is 39.5 Å². The molecule has 0 unspecified atom stereocenters. The Morgan fingerprint density at radius 3 is 1.26 bits per heavy atom. The van der Waals surface area contributed by atoms with Crippen molar-refractivity contribution in [3.8, 4) is 100 Å². The van der Waals surface area contributed by atoms with Crippen LogP contribution in [0, 0.1) is 11.3 Å². The molecule has 2 aliphatic rings. The molecule has 25 nitrogen and oxygen atoms in total. The number of piperidine rings is 2. The maximum atomic E-state index is 13.0. The number of rotatable bonds is 21. The van der Waals surface area contributed by atoms with E-state index in [4.69, 9.17) is 37.8 Å². The second kappa shape index (κ2) is 44.3. The number of H-pyrrole nitrogens is 3. The van der Waals surface area contributed by atoms with Gasteiger partial charge >= 0.3 is 81.0 Å². The number of thiazole rings is 3. The van der Waals surface area contributed by atoms with Gasteiger partial charge in [-0.1, -0.05) is 80.6 Å². The number of benzene rings is 6. The maximum absolute atomic E-state index is 13.0. The van der Waals surface area contributed by atoms with Gasteiger partial charge in [0.2, 0.25) is 0 Å². The Hall–Kier alpha value is -8.83. The number of hydrogen-bond donors (Lipinski definition) is 6. The number of alkyl halides is 10. The van der Waals surface area contributed by atoms with Crippen LogP contribution >= 0.6 is 94.6 Å². The molecule has 117 heavy (non-hydrogen) atoms. The van der Waals surface area contributed by atoms with E-state index in [0.29, 0.717) is 104 Å². The summed E-state index contributed by atoms with van der Waals surface area (Å²) in [5.41, 5.74) is 3.52. The van der Waals surface area contributed by atoms with E-state index in [1.54, 1.807) is 58.6 Å². The van der Waals surface area contributed by atoms with Gasteiger partial charge in [0.05, 0.1) is 95.4 Å². The zero-order valence-corrected chi connectivity index (χ0v) is 71.2. The van der Waals surface area contributed by atoms with E-state index in [1.807, 2.05) is 6.92 Å². The Balaban J connectivity index is 0.000000205. The van der Waals surface area contributed by atoms with Crippen LogP contribution in [0.1, 0.15) is 86.9 Å². The van der Waals surface area contributed by atoms with Crippen LogP contribution in [0.2, 0.25) is 0 Å². The molecule has 0 amide bonds. The van der Waals surface area contributed by atoms with Crippen molar-refractivity contribution in [2.24, 2.45) is 4.30 Å². The zero-order chi connectivity index (χ0) is 83.9. The molecule has 5 N–H and O–H groups in total. The molecule has 613 valence electrons. The van der Waals surface area contributed by atoms with Crippen LogP contribution in [0.25, 0.3) is 65.9 Å². The van der Waals surface area contributed by atoms with Crippen LogP contribution in [0.15, 0.2) is 156 Å². The third-order valence-corrected chi connectivity index (χ3v) is 22.0. The van der Waals surface area contributed by atoms with E-state index in [0.717, 1.165) is 94.0 Å². The number of nitrogens with one attached hydrogen (secondary N) is 5. The van der Waals surface area contributed by atoms with Gasteiger partial charge in [-0.05, 0) is 151 Å². The van der Waals surface area contributed by atoms with Crippen molar-refractivity contribution in [1.29, 1.82) is 4.35 Å². The number of thiol groups is 1. The number of aromatic nitrogens is 9. The van der Waals surface area contributed by atoms with Gasteiger partial charge in [0.25, 0.3) is 0 Å². The van der Waals surface area contributed by atoms with Crippen molar-refractivity contribution in [1.82, 2.24) is 55.6 Å². The van der Waals surface area contributed by atoms with Crippen LogP contribution < -0.4 is 51.0 Å². The number of halogens is 12. The van der Waals surface area contributed by atoms with Crippen LogP contribution in [0.5, 0.6) is 34.5 Å². The van der Waals surface area contributed by atoms with Crippen LogP contribution in [0.3, 0.4) is 0 Å². The third kappa shape index (κ3) is 26.3. The Bertz CT molecular complexity index is 5380. The Morgan fingerprint density at radius 2 is 0.889 bits per heavy atom. The topological polar surface area (TPSA) is 322 Å². The van der Waals surface area contributed by atoms with Gasteiger partial charge in [-0.3, -0.25) is 33.4 Å². The SMILES string of the molecule is C1CCNCC1.COc1cc(OCc2sc(-c3ccc(C(F)(F)F)cc3)nc2C)ccc1-c1noc(=O)[nH]1.COc1cc(OCc2sc(-c3ccc(C(F)(F)F)cc3)nc2CBr)c(Br)cc1-c1noc(=O)[nH]1.COc1cc(OCc2sc(-c3ccc(C(F)(F)F)cc3)nc2CN2CCCCC2)c(Br)cc1-c1noc(=O)[nH]1.[B].[B]=NS.[NH]=[Al]. The Kier molecular flexibility index (Phi) is 35.5. The van der Waals surface area contributed by atoms with E-state index in [-0.39, 0.29) is 45.7 Å². The zero-order valence-electron chi connectivity index (χ0n) is 62.0. The molecule has 12 aromatic rings. The molecule has 2 saturated heterocycles. The van der Waals surface area contributed by atoms with Crippen molar-refractivity contribution in [3.05, 3.63) is 204 Å². The number of methoxy groups -OCH3 is 3. The van der Waals surface area contributed by atoms with E-state index in [9.17, 15) is 53.9 Å². The molecule has 0 saturated carbocycles. The molecule has 2 aliphatic heterocycles. The summed E-state index contributed by atoms with van der Waals surface area (Å²) in [4.78, 5) is 60.0. The molecule has 6 aromatic heterocycles. The Morgan fingerprint density at radius 1 is 0.521 bits per heavy atom. The first-order chi connectivity index (χ1) is 55.6. The summed E-state index contributed by atoms with van der Waals surface area (Å²) in [6.07, 6.45) is -5.51. The quantitative estimate of drug-likeness (QED) is 0.0168. The average molecular weight is 1910 g/mol. The average Bonchev–Trinajstić information content (AvgIpc) is 1.78. The second-order valence-corrected chi connectivity index (χ2v) is 30.2. The third-order valence-electron chi connectivity index (χ3n) is 16.8. The normalized spacial score (nSPS) is 12.7. The minimum atomic E-state index is -4.40. The van der Waals surface area contributed by atoms with Gasteiger partial charge in [0.1, 0.15) is 69.3 Å². The van der Waals surface area contributed by atoms with Crippen molar-refractivity contribution in [3.63, 3.8) is 0 Å². The van der Waals surface area contributed by atoms with Crippen molar-refractivity contribution < 1.29 is 81.5 Å². The van der Waals surface area contributed by atoms with Gasteiger partial charge in [0, 0.05) is 55.2 Å². The summed E-state index contributed by atoms with van der Waals surface area (Å²) < 4.78 is 173. The van der Waals surface area contributed by atoms with Crippen molar-refractivity contribution in [2.45, 2.75) is 95.7 Å². The van der Waals surface area contributed by atoms with Crippen LogP contribution in [-0.4, -0.2) is 130 Å². The molecule has 44 heteroatoms. The predicted molar refractivity (Wildman–Crippen MR) is 438 cm³/mol. The summed E-state index contributed by atoms with van der Waals surface area (Å²) in [6.45, 7) is 7.48. The summed E-state index contributed by atoms with van der Waals surface area (Å²) in [5.74, 6) is 1.34. The molecule has 0 atom stereocenters. The first-order valence-corrected chi connectivity index (χ1v) is 40.5. The summed E-state index contributed by atoms with van der Waals surface area (Å²) in [5, 5.41) is 16.6. The number of likely N-dealkylation sites (tertiary alicyclic amines) is 1. The predicted octanol–water partition coefficient (Wildman–Crippen LogP) is 18.5. The molecule has 8 heterocycles. The number of nitrogens with zero attached hydrogens (tertiary/aromatic N) is 8. The number of aryl methyl sites for hydroxylation is 1. The second-order valence-electron chi connectivity index (χ2n) is 24.5. The minimum absolute atomic E-state index is 0. The molecule has 5 radical (unpaired) electrons. The Labute approximate surface area is 714 Å². The molecule has 0 aliphatic carbocycles. The fourth-order valence-electron chi connectivity index (χ4n) is 11.1. The van der Waals surface area contributed by atoms with Gasteiger partial charge in [-0.15, -0.1) is 34.0 Å². The van der Waals surface area contributed by atoms with Crippen LogP contribution in [-0.2, 0) is 50.2 Å². The van der Waals surface area contributed by atoms with Gasteiger partial charge < -0.3 is 33.7 Å². The van der Waals surface area contributed by atoms with E-state index < -0.39 is 52.5 Å². The summed E-state index contributed by atoms with van der Waals surface area (Å²) in [6, 6.07) is 26.5. The van der Waals surface area contributed by atoms with Gasteiger partial charge in [0.15, 0.2) is 17.5 Å². The number of hydrogen-bond acceptors (Lipinski definition) is 26. The first kappa shape index (κ1) is 93.7. The molecule has 0 bridgehead atoms. The molecular weight excluding hydrogens is 1840 g/mol. The van der Waals surface area contributed by atoms with Crippen molar-refractivity contribution >= 4 is 127 Å². The monoisotopic (exact) mass is 1900 g/mol. The van der Waals surface area contributed by atoms with E-state index >= 15 is 0 Å². The van der Waals surface area contributed by atoms with E-state index in [1.165, 1.54) is 131 Å². The molecule has 6 aromatic carbocycles. The molecule has 14 rings (SSSR count). The van der Waals surface area contributed by atoms with Crippen molar-refractivity contribution in [2.75, 3.05) is 47.5 Å². The number of aromatic amines is 3. The van der Waals surface area contributed by atoms with Crippen LogP contribution in [0.4, 0.5) is 39.5 Å². The van der Waals surface area contributed by atoms with Gasteiger partial charge in [-0.25, -0.2) is 29.3 Å². The fourth-order valence-corrected chi connectivity index (χ4v) is 15.6. The summed E-state index contributed by atoms with van der Waals surface area (Å²) >= 11 is 19.3. The first-order valence-electron chi connectivity index (χ1n) is 34.4. The fraction of sp³-hybridized carbons (Fsp3) is 0.301. The standard InChI is InChI=1S/C26H24BrF3N4O4S.C21H14Br2F3N3O4S.C21H16F3N3O4S.C5H11N.Al.BHNS.B.HN/c1-36-20-12-21(18(27)11-17(20)23-32-25(35)38-33-23)37-14-22-19(13-34-9-3-2-4-10-34)31-24(39-22)15-5-7-16(8-6-15)26(28,29)30;1-31-15-7-16(13(23)6-12(15)18-28-20(30)33-29-18)32-9-17-14(8-22)27-19(34-17)10-2-4-11(5-3-10)21(24,25)26;1-11-17(32-19(25-11)12-3-5-13(6-4-12)21(22,23)24)10-30-14-7-8-15(16(9-14)29-2)18-26-20(28)31-27-18;1-2-4-6-5-3-1;;1-2-3;;/h5-8,11-12H,2-4,9-10,13-14H2,1H3,(H,32,33,35);2-7H,8-9H2,1H3,(H,28,29,30);3-9H,10H2,1-2H3,(H,26,27,28);6H,1-5H2;;3H;;1H. The molecular formula is C73H67AlB2Br3F9N13O12S4. The molecule has 0 spiro atoms. The molecule has 2 fully saturated rings. The summed E-state index contributed by atoms with van der Waals surface area (Å²) in [7, 11) is 8.77. The number of ether oxygens (including phenoxy) is 6.